The highest BCUT2D eigenvalue weighted by atomic mass is 16.3. The number of aliphatic hydroxyl groups is 1. The Hall–Kier alpha value is -1.02. The molecule has 1 rings (SSSR count). The summed E-state index contributed by atoms with van der Waals surface area (Å²) in [6.45, 7) is 8.00. The summed E-state index contributed by atoms with van der Waals surface area (Å²) in [5.74, 6) is 0. The minimum atomic E-state index is -0.512. The zero-order valence-electron chi connectivity index (χ0n) is 9.33. The van der Waals surface area contributed by atoms with Gasteiger partial charge in [-0.3, -0.25) is 0 Å². The molecular weight excluding hydrogens is 174 g/mol. The molecule has 0 saturated carbocycles. The fraction of sp³-hybridized carbons (Fsp3) is 0.500. The molecule has 0 aliphatic rings. The van der Waals surface area contributed by atoms with Crippen LogP contribution in [0.5, 0.6) is 0 Å². The molecule has 1 aromatic carbocycles. The number of hydrogen-bond acceptors (Lipinski definition) is 2. The molecule has 0 radical (unpaired) electrons. The molecule has 0 saturated heterocycles. The van der Waals surface area contributed by atoms with E-state index in [9.17, 15) is 5.11 Å². The van der Waals surface area contributed by atoms with Crippen LogP contribution in [0.25, 0.3) is 0 Å². The maximum atomic E-state index is 10.1. The molecule has 0 heterocycles. The van der Waals surface area contributed by atoms with Crippen molar-refractivity contribution in [2.75, 3.05) is 5.73 Å². The summed E-state index contributed by atoms with van der Waals surface area (Å²) in [5, 5.41) is 10.1. The quantitative estimate of drug-likeness (QED) is 0.673. The summed E-state index contributed by atoms with van der Waals surface area (Å²) in [6, 6.07) is 5.75. The molecule has 0 spiro atoms. The molecule has 0 aliphatic carbocycles. The maximum absolute atomic E-state index is 10.1. The van der Waals surface area contributed by atoms with Gasteiger partial charge in [0.1, 0.15) is 0 Å². The van der Waals surface area contributed by atoms with E-state index < -0.39 is 6.10 Å². The second-order valence-electron chi connectivity index (χ2n) is 4.90. The first-order chi connectivity index (χ1) is 6.32. The molecule has 0 aliphatic heterocycles. The lowest BCUT2D eigenvalue weighted by Gasteiger charge is -2.27. The topological polar surface area (TPSA) is 46.2 Å². The van der Waals surface area contributed by atoms with Crippen LogP contribution in [0.2, 0.25) is 0 Å². The predicted octanol–water partition coefficient (Wildman–Crippen LogP) is 2.66. The summed E-state index contributed by atoms with van der Waals surface area (Å²) < 4.78 is 0. The van der Waals surface area contributed by atoms with Crippen LogP contribution in [0.3, 0.4) is 0 Å². The highest BCUT2D eigenvalue weighted by Gasteiger charge is 2.25. The molecule has 1 unspecified atom stereocenters. The van der Waals surface area contributed by atoms with Gasteiger partial charge in [0.15, 0.2) is 0 Å². The van der Waals surface area contributed by atoms with Crippen molar-refractivity contribution in [1.82, 2.24) is 0 Å². The van der Waals surface area contributed by atoms with Crippen LogP contribution in [-0.4, -0.2) is 5.11 Å². The standard InChI is InChI=1S/C12H19NO/c1-8-5-6-10(13)9(7-8)11(14)12(2,3)4/h5-7,11,14H,13H2,1-4H3. The largest absolute Gasteiger partial charge is 0.398 e. The summed E-state index contributed by atoms with van der Waals surface area (Å²) in [4.78, 5) is 0. The molecule has 2 heteroatoms. The number of aliphatic hydroxyl groups excluding tert-OH is 1. The molecule has 3 N–H and O–H groups in total. The van der Waals surface area contributed by atoms with Gasteiger partial charge in [0.25, 0.3) is 0 Å². The highest BCUT2D eigenvalue weighted by Crippen LogP contribution is 2.35. The number of aryl methyl sites for hydroxylation is 1. The van der Waals surface area contributed by atoms with Crippen molar-refractivity contribution in [1.29, 1.82) is 0 Å². The minimum absolute atomic E-state index is 0.179. The van der Waals surface area contributed by atoms with Gasteiger partial charge in [0, 0.05) is 11.3 Å². The van der Waals surface area contributed by atoms with E-state index in [4.69, 9.17) is 5.73 Å². The lowest BCUT2D eigenvalue weighted by molar-refractivity contribution is 0.0632. The molecule has 0 aromatic heterocycles. The zero-order valence-corrected chi connectivity index (χ0v) is 9.33. The summed E-state index contributed by atoms with van der Waals surface area (Å²) in [7, 11) is 0. The lowest BCUT2D eigenvalue weighted by Crippen LogP contribution is -2.19. The molecule has 0 bridgehead atoms. The first kappa shape index (κ1) is 11.1. The van der Waals surface area contributed by atoms with Crippen molar-refractivity contribution >= 4 is 5.69 Å². The molecular formula is C12H19NO. The second-order valence-corrected chi connectivity index (χ2v) is 4.90. The van der Waals surface area contributed by atoms with E-state index in [2.05, 4.69) is 0 Å². The fourth-order valence-electron chi connectivity index (χ4n) is 1.40. The first-order valence-corrected chi connectivity index (χ1v) is 4.86. The number of rotatable bonds is 1. The van der Waals surface area contributed by atoms with Crippen molar-refractivity contribution in [2.45, 2.75) is 33.8 Å². The van der Waals surface area contributed by atoms with Crippen LogP contribution >= 0.6 is 0 Å². The normalized spacial score (nSPS) is 14.1. The van der Waals surface area contributed by atoms with Gasteiger partial charge in [-0.15, -0.1) is 0 Å². The average molecular weight is 193 g/mol. The van der Waals surface area contributed by atoms with Crippen molar-refractivity contribution < 1.29 is 5.11 Å². The van der Waals surface area contributed by atoms with Crippen molar-refractivity contribution in [3.8, 4) is 0 Å². The Kier molecular flexibility index (Phi) is 2.86. The van der Waals surface area contributed by atoms with E-state index in [0.29, 0.717) is 5.69 Å². The monoisotopic (exact) mass is 193 g/mol. The Labute approximate surface area is 85.8 Å². The van der Waals surface area contributed by atoms with Gasteiger partial charge < -0.3 is 10.8 Å². The van der Waals surface area contributed by atoms with Crippen molar-refractivity contribution in [3.63, 3.8) is 0 Å². The zero-order chi connectivity index (χ0) is 10.9. The first-order valence-electron chi connectivity index (χ1n) is 4.86. The SMILES string of the molecule is Cc1ccc(N)c(C(O)C(C)(C)C)c1. The summed E-state index contributed by atoms with van der Waals surface area (Å²) >= 11 is 0. The average Bonchev–Trinajstić information content (AvgIpc) is 2.06. The third-order valence-electron chi connectivity index (χ3n) is 2.36. The van der Waals surface area contributed by atoms with E-state index >= 15 is 0 Å². The van der Waals surface area contributed by atoms with Crippen LogP contribution in [0.15, 0.2) is 18.2 Å². The Morgan fingerprint density at radius 1 is 1.29 bits per heavy atom. The van der Waals surface area contributed by atoms with Gasteiger partial charge in [0.05, 0.1) is 6.10 Å². The van der Waals surface area contributed by atoms with Gasteiger partial charge in [0.2, 0.25) is 0 Å². The molecule has 78 valence electrons. The number of hydrogen-bond donors (Lipinski definition) is 2. The third kappa shape index (κ3) is 2.26. The van der Waals surface area contributed by atoms with E-state index in [1.54, 1.807) is 0 Å². The van der Waals surface area contributed by atoms with Crippen LogP contribution < -0.4 is 5.73 Å². The van der Waals surface area contributed by atoms with Crippen molar-refractivity contribution in [2.24, 2.45) is 5.41 Å². The van der Waals surface area contributed by atoms with Gasteiger partial charge in [-0.05, 0) is 18.4 Å². The van der Waals surface area contributed by atoms with E-state index in [-0.39, 0.29) is 5.41 Å². The number of benzene rings is 1. The van der Waals surface area contributed by atoms with Crippen LogP contribution in [0.1, 0.15) is 38.0 Å². The highest BCUT2D eigenvalue weighted by molar-refractivity contribution is 5.50. The van der Waals surface area contributed by atoms with Gasteiger partial charge >= 0.3 is 0 Å². The molecule has 1 atom stereocenters. The van der Waals surface area contributed by atoms with Gasteiger partial charge in [-0.2, -0.15) is 0 Å². The molecule has 0 fully saturated rings. The lowest BCUT2D eigenvalue weighted by atomic mass is 9.84. The number of anilines is 1. The van der Waals surface area contributed by atoms with Gasteiger partial charge in [-0.25, -0.2) is 0 Å². The number of nitrogens with two attached hydrogens (primary N) is 1. The Balaban J connectivity index is 3.12. The van der Waals surface area contributed by atoms with E-state index in [0.717, 1.165) is 11.1 Å². The van der Waals surface area contributed by atoms with Crippen LogP contribution in [-0.2, 0) is 0 Å². The van der Waals surface area contributed by atoms with Crippen LogP contribution in [0.4, 0.5) is 5.69 Å². The summed E-state index contributed by atoms with van der Waals surface area (Å²) in [5.41, 5.74) is 8.27. The van der Waals surface area contributed by atoms with Crippen LogP contribution in [0, 0.1) is 12.3 Å². The molecule has 14 heavy (non-hydrogen) atoms. The molecule has 2 nitrogen and oxygen atoms in total. The molecule has 0 amide bonds. The van der Waals surface area contributed by atoms with E-state index in [1.165, 1.54) is 0 Å². The third-order valence-corrected chi connectivity index (χ3v) is 2.36. The molecule has 1 aromatic rings. The summed E-state index contributed by atoms with van der Waals surface area (Å²) in [6.07, 6.45) is -0.512. The Morgan fingerprint density at radius 2 is 1.86 bits per heavy atom. The number of nitrogen functional groups attached to an aromatic ring is 1. The Morgan fingerprint density at radius 3 is 2.36 bits per heavy atom. The maximum Gasteiger partial charge on any atom is 0.0858 e. The Bertz CT molecular complexity index is 326. The smallest absolute Gasteiger partial charge is 0.0858 e. The van der Waals surface area contributed by atoms with Crippen molar-refractivity contribution in [3.05, 3.63) is 29.3 Å². The fourth-order valence-corrected chi connectivity index (χ4v) is 1.40. The minimum Gasteiger partial charge on any atom is -0.398 e. The van der Waals surface area contributed by atoms with E-state index in [1.807, 2.05) is 45.9 Å². The second kappa shape index (κ2) is 3.62. The predicted molar refractivity (Wildman–Crippen MR) is 60.0 cm³/mol. The van der Waals surface area contributed by atoms with Gasteiger partial charge in [-0.1, -0.05) is 38.5 Å².